The van der Waals surface area contributed by atoms with E-state index in [9.17, 15) is 4.79 Å². The summed E-state index contributed by atoms with van der Waals surface area (Å²) in [4.78, 5) is 15.7. The van der Waals surface area contributed by atoms with Crippen molar-refractivity contribution < 1.29 is 23.7 Å². The fourth-order valence-electron chi connectivity index (χ4n) is 3.62. The number of carbonyl (C=O) groups excluding carboxylic acids is 1. The molecule has 0 amide bonds. The van der Waals surface area contributed by atoms with Gasteiger partial charge in [0.25, 0.3) is 0 Å². The van der Waals surface area contributed by atoms with Gasteiger partial charge in [0.1, 0.15) is 29.8 Å². The Balaban J connectivity index is 1.63. The molecule has 0 radical (unpaired) electrons. The van der Waals surface area contributed by atoms with Crippen LogP contribution in [0.25, 0.3) is 10.4 Å². The van der Waals surface area contributed by atoms with E-state index in [0.29, 0.717) is 5.56 Å². The summed E-state index contributed by atoms with van der Waals surface area (Å²) < 4.78 is 24.0. The molecule has 8 nitrogen and oxygen atoms in total. The highest BCUT2D eigenvalue weighted by Gasteiger charge is 2.51. The van der Waals surface area contributed by atoms with Crippen molar-refractivity contribution in [2.45, 2.75) is 36.1 Å². The number of hydrogen-bond donors (Lipinski definition) is 0. The van der Waals surface area contributed by atoms with Crippen molar-refractivity contribution in [3.05, 3.63) is 82.2 Å². The highest BCUT2D eigenvalue weighted by atomic mass is 32.2. The Bertz CT molecular complexity index is 909. The number of nitrogens with zero attached hydrogens (tertiary/aromatic N) is 3. The Labute approximate surface area is 178 Å². The average molecular weight is 427 g/mol. The number of fused-ring (bicyclic) bond motifs is 1. The van der Waals surface area contributed by atoms with E-state index < -0.39 is 42.0 Å². The highest BCUT2D eigenvalue weighted by molar-refractivity contribution is 7.99. The molecule has 2 aromatic rings. The van der Waals surface area contributed by atoms with Gasteiger partial charge in [0.2, 0.25) is 0 Å². The Morgan fingerprint density at radius 1 is 1.13 bits per heavy atom. The normalized spacial score (nSPS) is 30.6. The predicted molar refractivity (Wildman–Crippen MR) is 111 cm³/mol. The van der Waals surface area contributed by atoms with Gasteiger partial charge in [0.05, 0.1) is 12.2 Å². The van der Waals surface area contributed by atoms with Gasteiger partial charge in [0, 0.05) is 10.5 Å². The summed E-state index contributed by atoms with van der Waals surface area (Å²) in [7, 11) is 0. The molecule has 0 N–H and O–H groups in total. The first-order chi connectivity index (χ1) is 14.7. The number of azide groups is 1. The zero-order valence-electron chi connectivity index (χ0n) is 16.2. The lowest BCUT2D eigenvalue weighted by Gasteiger charge is -2.47. The molecular formula is C21H21N3O5S. The minimum atomic E-state index is -0.820. The van der Waals surface area contributed by atoms with Crippen LogP contribution >= 0.6 is 11.8 Å². The second-order valence-electron chi connectivity index (χ2n) is 6.89. The van der Waals surface area contributed by atoms with E-state index in [2.05, 4.69) is 10.0 Å². The van der Waals surface area contributed by atoms with Crippen molar-refractivity contribution in [3.63, 3.8) is 0 Å². The van der Waals surface area contributed by atoms with Crippen LogP contribution < -0.4 is 0 Å². The summed E-state index contributed by atoms with van der Waals surface area (Å²) in [6.07, 6.45) is -0.707. The number of carbonyl (C=O) groups is 1. The van der Waals surface area contributed by atoms with Crippen LogP contribution in [0.5, 0.6) is 0 Å². The maximum Gasteiger partial charge on any atom is 0.338 e. The molecule has 3 unspecified atom stereocenters. The third kappa shape index (κ3) is 4.30. The van der Waals surface area contributed by atoms with Crippen molar-refractivity contribution in [1.82, 2.24) is 0 Å². The van der Waals surface area contributed by atoms with E-state index in [4.69, 9.17) is 24.5 Å². The second kappa shape index (κ2) is 9.51. The van der Waals surface area contributed by atoms with E-state index in [-0.39, 0.29) is 6.61 Å². The first-order valence-corrected chi connectivity index (χ1v) is 10.8. The number of thioether (sulfide) groups is 1. The lowest BCUT2D eigenvalue weighted by Crippen LogP contribution is -2.61. The SMILES string of the molecule is CS[C@@H]1OC2COC(c3ccccc3)O[C@@H]2[C@H](OC(=O)c2ccccc2)C1N=[N+]=[N-]. The van der Waals surface area contributed by atoms with Crippen LogP contribution in [-0.4, -0.2) is 48.6 Å². The van der Waals surface area contributed by atoms with Crippen LogP contribution in [0.2, 0.25) is 0 Å². The molecule has 0 aliphatic carbocycles. The Kier molecular flexibility index (Phi) is 6.56. The largest absolute Gasteiger partial charge is 0.455 e. The fourth-order valence-corrected chi connectivity index (χ4v) is 4.36. The summed E-state index contributed by atoms with van der Waals surface area (Å²) >= 11 is 1.38. The first kappa shape index (κ1) is 20.7. The Hall–Kier alpha value is -2.55. The van der Waals surface area contributed by atoms with Gasteiger partial charge in [-0.25, -0.2) is 4.79 Å². The van der Waals surface area contributed by atoms with Crippen molar-refractivity contribution in [1.29, 1.82) is 0 Å². The standard InChI is InChI=1S/C21H21N3O5S/c1-30-21-16(23-24-22)18(28-19(25)13-8-4-2-5-9-13)17-15(27-21)12-26-20(29-17)14-10-6-3-7-11-14/h2-11,15-18,20-21H,12H2,1H3/t15?,16?,17-,18+,20?,21-/m0/s1. The number of hydrogen-bond acceptors (Lipinski definition) is 7. The summed E-state index contributed by atoms with van der Waals surface area (Å²) in [5.74, 6) is -0.509. The average Bonchev–Trinajstić information content (AvgIpc) is 2.81. The molecule has 2 fully saturated rings. The first-order valence-electron chi connectivity index (χ1n) is 9.51. The maximum atomic E-state index is 12.8. The molecule has 156 valence electrons. The predicted octanol–water partition coefficient (Wildman–Crippen LogP) is 4.09. The molecule has 6 atom stereocenters. The lowest BCUT2D eigenvalue weighted by atomic mass is 9.97. The van der Waals surface area contributed by atoms with Crippen LogP contribution in [0.4, 0.5) is 0 Å². The van der Waals surface area contributed by atoms with Crippen LogP contribution in [-0.2, 0) is 18.9 Å². The molecule has 30 heavy (non-hydrogen) atoms. The molecule has 0 aromatic heterocycles. The zero-order valence-corrected chi connectivity index (χ0v) is 17.1. The smallest absolute Gasteiger partial charge is 0.338 e. The molecule has 2 aliphatic rings. The molecule has 2 heterocycles. The Morgan fingerprint density at radius 3 is 2.50 bits per heavy atom. The molecule has 2 saturated heterocycles. The summed E-state index contributed by atoms with van der Waals surface area (Å²) in [6.45, 7) is 0.268. The monoisotopic (exact) mass is 427 g/mol. The molecule has 0 saturated carbocycles. The zero-order chi connectivity index (χ0) is 20.9. The van der Waals surface area contributed by atoms with Gasteiger partial charge >= 0.3 is 5.97 Å². The van der Waals surface area contributed by atoms with Gasteiger partial charge in [-0.2, -0.15) is 0 Å². The van der Waals surface area contributed by atoms with Crippen molar-refractivity contribution >= 4 is 17.7 Å². The highest BCUT2D eigenvalue weighted by Crippen LogP contribution is 2.38. The topological polar surface area (TPSA) is 103 Å². The molecule has 2 aromatic carbocycles. The molecular weight excluding hydrogens is 406 g/mol. The van der Waals surface area contributed by atoms with E-state index in [0.717, 1.165) is 5.56 Å². The van der Waals surface area contributed by atoms with Crippen molar-refractivity contribution in [2.24, 2.45) is 5.11 Å². The second-order valence-corrected chi connectivity index (χ2v) is 7.82. The minimum absolute atomic E-state index is 0.268. The van der Waals surface area contributed by atoms with Gasteiger partial charge in [-0.05, 0) is 23.9 Å². The van der Waals surface area contributed by atoms with Crippen LogP contribution in [0.1, 0.15) is 22.2 Å². The molecule has 4 rings (SSSR count). The minimum Gasteiger partial charge on any atom is -0.455 e. The summed E-state index contributed by atoms with van der Waals surface area (Å²) in [5.41, 5.74) is 9.88. The van der Waals surface area contributed by atoms with Crippen molar-refractivity contribution in [3.8, 4) is 0 Å². The molecule has 0 bridgehead atoms. The number of benzene rings is 2. The third-order valence-electron chi connectivity index (χ3n) is 5.05. The quantitative estimate of drug-likeness (QED) is 0.308. The summed E-state index contributed by atoms with van der Waals surface area (Å²) in [5, 5.41) is 3.89. The van der Waals surface area contributed by atoms with Crippen LogP contribution in [0.15, 0.2) is 65.8 Å². The Morgan fingerprint density at radius 2 is 1.83 bits per heavy atom. The van der Waals surface area contributed by atoms with Crippen LogP contribution in [0, 0.1) is 0 Å². The molecule has 2 aliphatic heterocycles. The van der Waals surface area contributed by atoms with Gasteiger partial charge in [-0.15, -0.1) is 11.8 Å². The van der Waals surface area contributed by atoms with Gasteiger partial charge in [-0.3, -0.25) is 0 Å². The van der Waals surface area contributed by atoms with Crippen molar-refractivity contribution in [2.75, 3.05) is 12.9 Å². The summed E-state index contributed by atoms with van der Waals surface area (Å²) in [6, 6.07) is 17.4. The van der Waals surface area contributed by atoms with E-state index in [1.165, 1.54) is 11.8 Å². The van der Waals surface area contributed by atoms with Gasteiger partial charge in [0.15, 0.2) is 6.29 Å². The van der Waals surface area contributed by atoms with Gasteiger partial charge in [-0.1, -0.05) is 53.6 Å². The molecule has 9 heteroatoms. The van der Waals surface area contributed by atoms with Gasteiger partial charge < -0.3 is 18.9 Å². The number of ether oxygens (including phenoxy) is 4. The number of esters is 1. The maximum absolute atomic E-state index is 12.8. The van der Waals surface area contributed by atoms with Crippen LogP contribution in [0.3, 0.4) is 0 Å². The molecule has 0 spiro atoms. The van der Waals surface area contributed by atoms with E-state index in [1.807, 2.05) is 42.7 Å². The van der Waals surface area contributed by atoms with E-state index in [1.54, 1.807) is 24.3 Å². The third-order valence-corrected chi connectivity index (χ3v) is 5.90. The lowest BCUT2D eigenvalue weighted by molar-refractivity contribution is -0.304. The van der Waals surface area contributed by atoms with E-state index >= 15 is 0 Å². The number of rotatable bonds is 5. The fraction of sp³-hybridized carbons (Fsp3) is 0.381.